The van der Waals surface area contributed by atoms with Crippen molar-refractivity contribution < 1.29 is 5.11 Å². The summed E-state index contributed by atoms with van der Waals surface area (Å²) in [5, 5.41) is 12.9. The van der Waals surface area contributed by atoms with Crippen molar-refractivity contribution >= 4 is 11.4 Å². The van der Waals surface area contributed by atoms with E-state index in [0.717, 1.165) is 18.5 Å². The Morgan fingerprint density at radius 3 is 2.11 bits per heavy atom. The molecule has 18 heavy (non-hydrogen) atoms. The second kappa shape index (κ2) is 5.58. The van der Waals surface area contributed by atoms with E-state index in [0.29, 0.717) is 0 Å². The molecule has 2 N–H and O–H groups in total. The summed E-state index contributed by atoms with van der Waals surface area (Å²) in [6.45, 7) is 4.31. The Morgan fingerprint density at radius 1 is 0.944 bits per heavy atom. The van der Waals surface area contributed by atoms with Gasteiger partial charge >= 0.3 is 0 Å². The average Bonchev–Trinajstić information content (AvgIpc) is 2.39. The first-order valence-corrected chi connectivity index (χ1v) is 6.41. The fourth-order valence-electron chi connectivity index (χ4n) is 2.13. The van der Waals surface area contributed by atoms with Crippen LogP contribution in [0, 0.1) is 0 Å². The molecule has 0 saturated heterocycles. The molecule has 94 valence electrons. The largest absolute Gasteiger partial charge is 0.508 e. The number of para-hydroxylation sites is 1. The Kier molecular flexibility index (Phi) is 3.88. The minimum Gasteiger partial charge on any atom is -0.508 e. The summed E-state index contributed by atoms with van der Waals surface area (Å²) >= 11 is 0. The lowest BCUT2D eigenvalue weighted by atomic mass is 10.0. The van der Waals surface area contributed by atoms with Crippen molar-refractivity contribution in [1.82, 2.24) is 0 Å². The minimum absolute atomic E-state index is 0.284. The van der Waals surface area contributed by atoms with Gasteiger partial charge in [0.05, 0.1) is 0 Å². The van der Waals surface area contributed by atoms with Gasteiger partial charge < -0.3 is 10.4 Å². The van der Waals surface area contributed by atoms with Crippen LogP contribution in [0.4, 0.5) is 11.4 Å². The molecule has 0 atom stereocenters. The van der Waals surface area contributed by atoms with E-state index in [-0.39, 0.29) is 5.75 Å². The Bertz CT molecular complexity index is 512. The van der Waals surface area contributed by atoms with Crippen LogP contribution >= 0.6 is 0 Å². The smallest absolute Gasteiger partial charge is 0.117 e. The predicted molar refractivity (Wildman–Crippen MR) is 76.6 cm³/mol. The van der Waals surface area contributed by atoms with Crippen LogP contribution in [-0.4, -0.2) is 5.11 Å². The molecule has 0 aliphatic heterocycles. The van der Waals surface area contributed by atoms with E-state index in [9.17, 15) is 5.11 Å². The van der Waals surface area contributed by atoms with Crippen LogP contribution in [0.1, 0.15) is 25.0 Å². The van der Waals surface area contributed by atoms with Gasteiger partial charge in [0.1, 0.15) is 5.75 Å². The van der Waals surface area contributed by atoms with E-state index in [4.69, 9.17) is 0 Å². The lowest BCUT2D eigenvalue weighted by Gasteiger charge is -2.15. The monoisotopic (exact) mass is 241 g/mol. The number of rotatable bonds is 4. The second-order valence-corrected chi connectivity index (χ2v) is 4.33. The second-order valence-electron chi connectivity index (χ2n) is 4.33. The number of nitrogens with one attached hydrogen (secondary N) is 1. The van der Waals surface area contributed by atoms with Crippen molar-refractivity contribution in [3.05, 3.63) is 53.6 Å². The number of phenols is 1. The highest BCUT2D eigenvalue weighted by Crippen LogP contribution is 2.27. The summed E-state index contributed by atoms with van der Waals surface area (Å²) < 4.78 is 0. The highest BCUT2D eigenvalue weighted by atomic mass is 16.3. The molecule has 0 unspecified atom stereocenters. The fraction of sp³-hybridized carbons (Fsp3) is 0.250. The van der Waals surface area contributed by atoms with E-state index in [1.54, 1.807) is 12.1 Å². The predicted octanol–water partition coefficient (Wildman–Crippen LogP) is 4.26. The Balaban J connectivity index is 2.38. The summed E-state index contributed by atoms with van der Waals surface area (Å²) in [6, 6.07) is 13.6. The third-order valence-electron chi connectivity index (χ3n) is 3.11. The van der Waals surface area contributed by atoms with Crippen molar-refractivity contribution in [3.63, 3.8) is 0 Å². The molecule has 0 bridgehead atoms. The average molecular weight is 241 g/mol. The van der Waals surface area contributed by atoms with E-state index in [1.807, 2.05) is 12.1 Å². The van der Waals surface area contributed by atoms with E-state index in [2.05, 4.69) is 37.4 Å². The zero-order valence-corrected chi connectivity index (χ0v) is 10.9. The molecule has 2 nitrogen and oxygen atoms in total. The summed E-state index contributed by atoms with van der Waals surface area (Å²) in [7, 11) is 0. The maximum Gasteiger partial charge on any atom is 0.117 e. The topological polar surface area (TPSA) is 32.3 Å². The highest BCUT2D eigenvalue weighted by molar-refractivity contribution is 5.67. The minimum atomic E-state index is 0.284. The number of phenolic OH excluding ortho intramolecular Hbond substituents is 1. The van der Waals surface area contributed by atoms with E-state index >= 15 is 0 Å². The molecule has 0 radical (unpaired) electrons. The zero-order chi connectivity index (χ0) is 13.0. The molecule has 0 amide bonds. The molecular weight excluding hydrogens is 222 g/mol. The van der Waals surface area contributed by atoms with Crippen LogP contribution in [0.15, 0.2) is 42.5 Å². The number of hydrogen-bond acceptors (Lipinski definition) is 2. The molecule has 0 saturated carbocycles. The first kappa shape index (κ1) is 12.5. The van der Waals surface area contributed by atoms with Crippen LogP contribution < -0.4 is 5.32 Å². The van der Waals surface area contributed by atoms with E-state index in [1.165, 1.54) is 16.8 Å². The molecule has 0 aliphatic carbocycles. The van der Waals surface area contributed by atoms with Gasteiger partial charge in [-0.1, -0.05) is 38.1 Å². The summed E-state index contributed by atoms with van der Waals surface area (Å²) in [5.41, 5.74) is 4.70. The molecule has 0 aliphatic rings. The quantitative estimate of drug-likeness (QED) is 0.838. The van der Waals surface area contributed by atoms with Gasteiger partial charge in [-0.05, 0) is 36.1 Å². The number of anilines is 2. The molecule has 0 heterocycles. The molecule has 2 rings (SSSR count). The molecule has 2 heteroatoms. The molecule has 0 aromatic heterocycles. The number of benzene rings is 2. The summed E-state index contributed by atoms with van der Waals surface area (Å²) in [6.07, 6.45) is 1.99. The van der Waals surface area contributed by atoms with Gasteiger partial charge in [0.15, 0.2) is 0 Å². The maximum absolute atomic E-state index is 9.50. The number of aryl methyl sites for hydroxylation is 2. The van der Waals surface area contributed by atoms with E-state index < -0.39 is 0 Å². The molecule has 0 spiro atoms. The van der Waals surface area contributed by atoms with Gasteiger partial charge in [-0.2, -0.15) is 0 Å². The number of hydrogen-bond donors (Lipinski definition) is 2. The summed E-state index contributed by atoms with van der Waals surface area (Å²) in [4.78, 5) is 0. The maximum atomic E-state index is 9.50. The third kappa shape index (κ3) is 2.65. The van der Waals surface area contributed by atoms with Crippen molar-refractivity contribution in [3.8, 4) is 5.75 Å². The Labute approximate surface area is 108 Å². The van der Waals surface area contributed by atoms with Crippen LogP contribution in [0.3, 0.4) is 0 Å². The molecule has 2 aromatic rings. The summed E-state index contributed by atoms with van der Waals surface area (Å²) in [5.74, 6) is 0.284. The lowest BCUT2D eigenvalue weighted by Crippen LogP contribution is -1.99. The van der Waals surface area contributed by atoms with Crippen molar-refractivity contribution in [2.45, 2.75) is 26.7 Å². The van der Waals surface area contributed by atoms with Gasteiger partial charge in [0.2, 0.25) is 0 Å². The first-order chi connectivity index (χ1) is 8.74. The van der Waals surface area contributed by atoms with Crippen LogP contribution in [0.2, 0.25) is 0 Å². The van der Waals surface area contributed by atoms with Crippen LogP contribution in [-0.2, 0) is 12.8 Å². The first-order valence-electron chi connectivity index (χ1n) is 6.41. The molecule has 0 fully saturated rings. The van der Waals surface area contributed by atoms with Crippen LogP contribution in [0.25, 0.3) is 0 Å². The fourth-order valence-corrected chi connectivity index (χ4v) is 2.13. The van der Waals surface area contributed by atoms with Gasteiger partial charge in [-0.3, -0.25) is 0 Å². The SMILES string of the molecule is CCc1cccc(CC)c1Nc1cccc(O)c1. The van der Waals surface area contributed by atoms with Gasteiger partial charge in [-0.15, -0.1) is 0 Å². The van der Waals surface area contributed by atoms with Crippen molar-refractivity contribution in [2.24, 2.45) is 0 Å². The van der Waals surface area contributed by atoms with Gasteiger partial charge in [-0.25, -0.2) is 0 Å². The Morgan fingerprint density at radius 2 is 1.56 bits per heavy atom. The van der Waals surface area contributed by atoms with Crippen molar-refractivity contribution in [2.75, 3.05) is 5.32 Å². The Hall–Kier alpha value is -1.96. The van der Waals surface area contributed by atoms with Crippen LogP contribution in [0.5, 0.6) is 5.75 Å². The zero-order valence-electron chi connectivity index (χ0n) is 10.9. The molecule has 2 aromatic carbocycles. The standard InChI is InChI=1S/C16H19NO/c1-3-12-7-5-8-13(4-2)16(12)17-14-9-6-10-15(18)11-14/h5-11,17-18H,3-4H2,1-2H3. The van der Waals surface area contributed by atoms with Gasteiger partial charge in [0, 0.05) is 17.4 Å². The normalized spacial score (nSPS) is 10.3. The third-order valence-corrected chi connectivity index (χ3v) is 3.11. The lowest BCUT2D eigenvalue weighted by molar-refractivity contribution is 0.475. The number of aromatic hydroxyl groups is 1. The molecular formula is C16H19NO. The van der Waals surface area contributed by atoms with Crippen molar-refractivity contribution in [1.29, 1.82) is 0 Å². The van der Waals surface area contributed by atoms with Gasteiger partial charge in [0.25, 0.3) is 0 Å². The highest BCUT2D eigenvalue weighted by Gasteiger charge is 2.06.